The van der Waals surface area contributed by atoms with Gasteiger partial charge in [-0.2, -0.15) is 0 Å². The SMILES string of the molecule is Nc1nc2cc(Cl)c(C(=O)N(Cc3ccc(Br)cn3)C3CC3)cc2c2c1COC2. The standard InChI is InChI=1S/C21H18BrClN4O2/c22-11-1-2-12(25-7-11)8-27(13-3-4-13)21(28)15-5-14-16-9-29-10-17(16)20(24)26-19(14)6-18(15)23/h1-2,5-7,13H,3-4,8-10H2,(H2,24,26). The van der Waals surface area contributed by atoms with E-state index in [0.29, 0.717) is 41.7 Å². The van der Waals surface area contributed by atoms with Crippen LogP contribution in [0.2, 0.25) is 5.02 Å². The maximum Gasteiger partial charge on any atom is 0.255 e. The van der Waals surface area contributed by atoms with Crippen LogP contribution in [0.4, 0.5) is 5.82 Å². The van der Waals surface area contributed by atoms with Crippen LogP contribution in [0.3, 0.4) is 0 Å². The zero-order valence-corrected chi connectivity index (χ0v) is 17.8. The zero-order valence-electron chi connectivity index (χ0n) is 15.5. The van der Waals surface area contributed by atoms with Crippen LogP contribution in [-0.2, 0) is 24.5 Å². The summed E-state index contributed by atoms with van der Waals surface area (Å²) in [5.41, 5.74) is 9.95. The first-order valence-electron chi connectivity index (χ1n) is 9.41. The van der Waals surface area contributed by atoms with E-state index in [2.05, 4.69) is 25.9 Å². The number of fused-ring (bicyclic) bond motifs is 3. The number of nitrogens with zero attached hydrogens (tertiary/aromatic N) is 3. The van der Waals surface area contributed by atoms with Crippen molar-refractivity contribution in [1.82, 2.24) is 14.9 Å². The summed E-state index contributed by atoms with van der Waals surface area (Å²) in [6.45, 7) is 1.36. The van der Waals surface area contributed by atoms with Crippen LogP contribution in [0.15, 0.2) is 34.9 Å². The molecule has 1 aliphatic heterocycles. The molecule has 8 heteroatoms. The van der Waals surface area contributed by atoms with E-state index in [0.717, 1.165) is 39.5 Å². The zero-order chi connectivity index (χ0) is 20.1. The van der Waals surface area contributed by atoms with Crippen LogP contribution in [0.1, 0.15) is 40.0 Å². The van der Waals surface area contributed by atoms with Gasteiger partial charge in [0.05, 0.1) is 41.6 Å². The lowest BCUT2D eigenvalue weighted by atomic mass is 10.0. The molecule has 6 nitrogen and oxygen atoms in total. The van der Waals surface area contributed by atoms with E-state index in [1.807, 2.05) is 23.1 Å². The molecule has 0 radical (unpaired) electrons. The number of rotatable bonds is 4. The molecule has 1 amide bonds. The largest absolute Gasteiger partial charge is 0.383 e. The quantitative estimate of drug-likeness (QED) is 0.605. The first kappa shape index (κ1) is 18.8. The molecule has 0 atom stereocenters. The second-order valence-electron chi connectivity index (χ2n) is 7.43. The third-order valence-electron chi connectivity index (χ3n) is 5.42. The lowest BCUT2D eigenvalue weighted by Crippen LogP contribution is -2.33. The number of halogens is 2. The number of hydrogen-bond donors (Lipinski definition) is 1. The summed E-state index contributed by atoms with van der Waals surface area (Å²) in [6, 6.07) is 7.64. The molecule has 1 aromatic carbocycles. The minimum Gasteiger partial charge on any atom is -0.383 e. The first-order chi connectivity index (χ1) is 14.0. The highest BCUT2D eigenvalue weighted by Crippen LogP contribution is 2.36. The van der Waals surface area contributed by atoms with Crippen LogP contribution >= 0.6 is 27.5 Å². The Morgan fingerprint density at radius 2 is 2.07 bits per heavy atom. The molecular formula is C21H18BrClN4O2. The van der Waals surface area contributed by atoms with Crippen molar-refractivity contribution in [3.8, 4) is 0 Å². The van der Waals surface area contributed by atoms with Gasteiger partial charge in [-0.1, -0.05) is 11.6 Å². The monoisotopic (exact) mass is 472 g/mol. The molecule has 0 bridgehead atoms. The van der Waals surface area contributed by atoms with Gasteiger partial charge in [0.15, 0.2) is 0 Å². The summed E-state index contributed by atoms with van der Waals surface area (Å²) < 4.78 is 6.47. The van der Waals surface area contributed by atoms with Gasteiger partial charge in [0, 0.05) is 27.7 Å². The second-order valence-corrected chi connectivity index (χ2v) is 8.75. The summed E-state index contributed by atoms with van der Waals surface area (Å²) >= 11 is 9.91. The summed E-state index contributed by atoms with van der Waals surface area (Å²) in [5.74, 6) is 0.370. The van der Waals surface area contributed by atoms with Gasteiger partial charge in [-0.15, -0.1) is 0 Å². The molecule has 1 aliphatic carbocycles. The molecule has 0 unspecified atom stereocenters. The summed E-state index contributed by atoms with van der Waals surface area (Å²) in [7, 11) is 0. The van der Waals surface area contributed by atoms with Gasteiger partial charge in [0.1, 0.15) is 5.82 Å². The van der Waals surface area contributed by atoms with Crippen LogP contribution < -0.4 is 5.73 Å². The van der Waals surface area contributed by atoms with Gasteiger partial charge in [0.25, 0.3) is 5.91 Å². The summed E-state index contributed by atoms with van der Waals surface area (Å²) in [4.78, 5) is 24.2. The molecule has 29 heavy (non-hydrogen) atoms. The van der Waals surface area contributed by atoms with E-state index in [9.17, 15) is 4.79 Å². The number of anilines is 1. The predicted molar refractivity (Wildman–Crippen MR) is 114 cm³/mol. The fourth-order valence-electron chi connectivity index (χ4n) is 3.74. The van der Waals surface area contributed by atoms with Crippen molar-refractivity contribution in [2.24, 2.45) is 0 Å². The molecule has 1 saturated carbocycles. The minimum absolute atomic E-state index is 0.0893. The van der Waals surface area contributed by atoms with E-state index in [4.69, 9.17) is 22.1 Å². The number of hydrogen-bond acceptors (Lipinski definition) is 5. The smallest absolute Gasteiger partial charge is 0.255 e. The van der Waals surface area contributed by atoms with Crippen LogP contribution in [0.5, 0.6) is 0 Å². The highest BCUT2D eigenvalue weighted by molar-refractivity contribution is 9.10. The molecule has 0 spiro atoms. The molecule has 2 aromatic heterocycles. The van der Waals surface area contributed by atoms with Gasteiger partial charge in [-0.05, 0) is 58.6 Å². The van der Waals surface area contributed by atoms with Gasteiger partial charge in [0.2, 0.25) is 0 Å². The number of amides is 1. The molecule has 0 saturated heterocycles. The number of carbonyl (C=O) groups excluding carboxylic acids is 1. The van der Waals surface area contributed by atoms with Crippen molar-refractivity contribution in [1.29, 1.82) is 0 Å². The molecular weight excluding hydrogens is 456 g/mol. The number of nitrogens with two attached hydrogens (primary N) is 1. The number of benzene rings is 1. The normalized spacial score (nSPS) is 15.5. The highest BCUT2D eigenvalue weighted by atomic mass is 79.9. The van der Waals surface area contributed by atoms with E-state index in [-0.39, 0.29) is 11.9 Å². The summed E-state index contributed by atoms with van der Waals surface area (Å²) in [5, 5.41) is 1.25. The van der Waals surface area contributed by atoms with E-state index >= 15 is 0 Å². The maximum absolute atomic E-state index is 13.5. The van der Waals surface area contributed by atoms with Gasteiger partial charge < -0.3 is 15.4 Å². The minimum atomic E-state index is -0.0893. The molecule has 148 valence electrons. The molecule has 5 rings (SSSR count). The maximum atomic E-state index is 13.5. The van der Waals surface area contributed by atoms with E-state index in [1.165, 1.54) is 0 Å². The Labute approximate surface area is 181 Å². The topological polar surface area (TPSA) is 81.3 Å². The third kappa shape index (κ3) is 3.47. The average molecular weight is 474 g/mol. The third-order valence-corrected chi connectivity index (χ3v) is 6.20. The van der Waals surface area contributed by atoms with Gasteiger partial charge in [-0.3, -0.25) is 9.78 Å². The molecule has 2 N–H and O–H groups in total. The Morgan fingerprint density at radius 1 is 1.28 bits per heavy atom. The second kappa shape index (κ2) is 7.23. The fraction of sp³-hybridized carbons (Fsp3) is 0.286. The van der Waals surface area contributed by atoms with Crippen LogP contribution in [0.25, 0.3) is 10.9 Å². The number of aromatic nitrogens is 2. The molecule has 1 fully saturated rings. The number of ether oxygens (including phenoxy) is 1. The molecule has 3 heterocycles. The predicted octanol–water partition coefficient (Wildman–Crippen LogP) is 4.46. The fourth-order valence-corrected chi connectivity index (χ4v) is 4.21. The Kier molecular flexibility index (Phi) is 4.69. The Hall–Kier alpha value is -2.22. The van der Waals surface area contributed by atoms with E-state index in [1.54, 1.807) is 12.3 Å². The van der Waals surface area contributed by atoms with E-state index < -0.39 is 0 Å². The Balaban J connectivity index is 1.54. The number of carbonyl (C=O) groups is 1. The Bertz CT molecular complexity index is 1130. The van der Waals surface area contributed by atoms with Crippen molar-refractivity contribution in [3.63, 3.8) is 0 Å². The van der Waals surface area contributed by atoms with Crippen molar-refractivity contribution in [2.45, 2.75) is 38.6 Å². The molecule has 2 aliphatic rings. The van der Waals surface area contributed by atoms with Gasteiger partial charge >= 0.3 is 0 Å². The molecule has 3 aromatic rings. The lowest BCUT2D eigenvalue weighted by molar-refractivity contribution is 0.0728. The number of pyridine rings is 2. The number of nitrogen functional groups attached to an aromatic ring is 1. The lowest BCUT2D eigenvalue weighted by Gasteiger charge is -2.23. The van der Waals surface area contributed by atoms with Crippen molar-refractivity contribution in [2.75, 3.05) is 5.73 Å². The first-order valence-corrected chi connectivity index (χ1v) is 10.6. The Morgan fingerprint density at radius 3 is 2.79 bits per heavy atom. The van der Waals surface area contributed by atoms with Crippen molar-refractivity contribution < 1.29 is 9.53 Å². The summed E-state index contributed by atoms with van der Waals surface area (Å²) in [6.07, 6.45) is 3.73. The van der Waals surface area contributed by atoms with Gasteiger partial charge in [-0.25, -0.2) is 4.98 Å². The average Bonchev–Trinajstić information content (AvgIpc) is 3.42. The van der Waals surface area contributed by atoms with Crippen LogP contribution in [-0.4, -0.2) is 26.8 Å². The van der Waals surface area contributed by atoms with Crippen LogP contribution in [0, 0.1) is 0 Å². The van der Waals surface area contributed by atoms with Crippen molar-refractivity contribution >= 4 is 50.2 Å². The van der Waals surface area contributed by atoms with Crippen molar-refractivity contribution in [3.05, 3.63) is 62.3 Å². The highest BCUT2D eigenvalue weighted by Gasteiger charge is 2.34.